The van der Waals surface area contributed by atoms with Gasteiger partial charge in [-0.25, -0.2) is 0 Å². The van der Waals surface area contributed by atoms with Crippen molar-refractivity contribution in [1.29, 1.82) is 0 Å². The Labute approximate surface area is 75.9 Å². The summed E-state index contributed by atoms with van der Waals surface area (Å²) in [5, 5.41) is 7.99. The van der Waals surface area contributed by atoms with Gasteiger partial charge in [-0.3, -0.25) is 0 Å². The van der Waals surface area contributed by atoms with Crippen molar-refractivity contribution in [3.63, 3.8) is 0 Å². The van der Waals surface area contributed by atoms with Crippen molar-refractivity contribution < 1.29 is 18.6 Å². The average molecular weight is 239 g/mol. The summed E-state index contributed by atoms with van der Waals surface area (Å²) in [7, 11) is 0. The summed E-state index contributed by atoms with van der Waals surface area (Å²) in [6.45, 7) is 0. The highest BCUT2D eigenvalue weighted by Crippen LogP contribution is 2.22. The molecule has 2 nitrogen and oxygen atoms in total. The maximum atomic E-state index is 11.9. The minimum absolute atomic E-state index is 0.100. The Balaban J connectivity index is 2.77. The molecule has 0 aliphatic heterocycles. The predicted octanol–water partition coefficient (Wildman–Crippen LogP) is 2.37. The third-order valence-corrected chi connectivity index (χ3v) is 1.53. The first kappa shape index (κ1) is 9.41. The van der Waals surface area contributed by atoms with Gasteiger partial charge in [-0.1, -0.05) is 22.0 Å². The molecule has 0 aromatic heterocycles. The number of rotatable bonds is 2. The molecule has 0 amide bonds. The molecule has 0 radical (unpaired) electrons. The summed E-state index contributed by atoms with van der Waals surface area (Å²) in [6.07, 6.45) is -4.12. The summed E-state index contributed by atoms with van der Waals surface area (Å²) in [4.78, 5) is 0. The molecule has 0 aliphatic rings. The Bertz CT molecular complexity index is 272. The zero-order valence-corrected chi connectivity index (χ0v) is 7.38. The van der Waals surface area contributed by atoms with Crippen LogP contribution in [-0.2, 0) is 0 Å². The minimum atomic E-state index is -4.12. The van der Waals surface area contributed by atoms with Gasteiger partial charge < -0.3 is 9.84 Å². The van der Waals surface area contributed by atoms with Gasteiger partial charge in [0.15, 0.2) is 0 Å². The van der Waals surface area contributed by atoms with Crippen LogP contribution in [0.4, 0.5) is 8.78 Å². The molecule has 0 heterocycles. The van der Waals surface area contributed by atoms with Crippen LogP contribution in [0.15, 0.2) is 28.7 Å². The van der Waals surface area contributed by atoms with Gasteiger partial charge in [0.1, 0.15) is 5.75 Å². The van der Waals surface area contributed by atoms with Gasteiger partial charge in [-0.15, -0.1) is 8.78 Å². The van der Waals surface area contributed by atoms with Crippen LogP contribution in [0.3, 0.4) is 0 Å². The fraction of sp³-hybridized carbons (Fsp3) is 0.143. The first-order chi connectivity index (χ1) is 5.47. The lowest BCUT2D eigenvalue weighted by atomic mass is 10.3. The molecule has 0 atom stereocenters. The fourth-order valence-corrected chi connectivity index (χ4v) is 1.05. The normalized spacial score (nSPS) is 11.3. The number of hydrogen-bond acceptors (Lipinski definition) is 2. The molecule has 0 unspecified atom stereocenters. The van der Waals surface area contributed by atoms with Gasteiger partial charge in [-0.2, -0.15) is 0 Å². The number of alkyl halides is 2. The van der Waals surface area contributed by atoms with Crippen LogP contribution in [-0.4, -0.2) is 11.4 Å². The highest BCUT2D eigenvalue weighted by atomic mass is 79.9. The number of benzene rings is 1. The van der Waals surface area contributed by atoms with E-state index in [0.717, 1.165) is 0 Å². The predicted molar refractivity (Wildman–Crippen MR) is 41.9 cm³/mol. The van der Waals surface area contributed by atoms with Crippen LogP contribution in [0.1, 0.15) is 0 Å². The average Bonchev–Trinajstić information content (AvgIpc) is 1.82. The lowest BCUT2D eigenvalue weighted by Crippen LogP contribution is -2.23. The number of hydrogen-bond donors (Lipinski definition) is 1. The van der Waals surface area contributed by atoms with Gasteiger partial charge in [0, 0.05) is 4.47 Å². The molecule has 5 heteroatoms. The van der Waals surface area contributed by atoms with E-state index in [1.54, 1.807) is 6.07 Å². The second kappa shape index (κ2) is 3.37. The molecule has 66 valence electrons. The highest BCUT2D eigenvalue weighted by Gasteiger charge is 2.27. The quantitative estimate of drug-likeness (QED) is 0.802. The van der Waals surface area contributed by atoms with E-state index in [9.17, 15) is 8.78 Å². The van der Waals surface area contributed by atoms with Crippen molar-refractivity contribution in [2.24, 2.45) is 0 Å². The van der Waals surface area contributed by atoms with Crippen molar-refractivity contribution in [2.75, 3.05) is 0 Å². The lowest BCUT2D eigenvalue weighted by molar-refractivity contribution is -0.327. The number of halogens is 3. The first-order valence-corrected chi connectivity index (χ1v) is 3.81. The summed E-state index contributed by atoms with van der Waals surface area (Å²) in [5.74, 6) is -0.100. The summed E-state index contributed by atoms with van der Waals surface area (Å²) in [5.41, 5.74) is 0. The molecular formula is C7H5BrF2O2. The van der Waals surface area contributed by atoms with Gasteiger partial charge in [0.2, 0.25) is 0 Å². The number of aliphatic hydroxyl groups is 1. The maximum Gasteiger partial charge on any atom is 0.532 e. The van der Waals surface area contributed by atoms with Gasteiger partial charge >= 0.3 is 6.29 Å². The van der Waals surface area contributed by atoms with Crippen LogP contribution in [0.5, 0.6) is 5.75 Å². The Kier molecular flexibility index (Phi) is 2.64. The number of ether oxygens (including phenoxy) is 1. The van der Waals surface area contributed by atoms with E-state index in [2.05, 4.69) is 20.7 Å². The van der Waals surface area contributed by atoms with Crippen molar-refractivity contribution in [2.45, 2.75) is 6.29 Å². The monoisotopic (exact) mass is 238 g/mol. The fourth-order valence-electron chi connectivity index (χ4n) is 0.672. The van der Waals surface area contributed by atoms with E-state index in [4.69, 9.17) is 5.11 Å². The Morgan fingerprint density at radius 1 is 1.42 bits per heavy atom. The molecule has 0 aliphatic carbocycles. The highest BCUT2D eigenvalue weighted by molar-refractivity contribution is 9.10. The molecule has 0 fully saturated rings. The van der Waals surface area contributed by atoms with E-state index < -0.39 is 6.29 Å². The molecule has 12 heavy (non-hydrogen) atoms. The van der Waals surface area contributed by atoms with Crippen molar-refractivity contribution in [3.05, 3.63) is 28.7 Å². The third-order valence-electron chi connectivity index (χ3n) is 1.04. The van der Waals surface area contributed by atoms with Gasteiger partial charge in [-0.05, 0) is 18.2 Å². The smallest absolute Gasteiger partial charge is 0.410 e. The molecule has 0 bridgehead atoms. The van der Waals surface area contributed by atoms with Gasteiger partial charge in [0.05, 0.1) is 0 Å². The van der Waals surface area contributed by atoms with Gasteiger partial charge in [0.25, 0.3) is 0 Å². The molecule has 1 aromatic carbocycles. The van der Waals surface area contributed by atoms with Crippen LogP contribution in [0.25, 0.3) is 0 Å². The van der Waals surface area contributed by atoms with Crippen LogP contribution in [0, 0.1) is 0 Å². The Hall–Kier alpha value is -0.680. The first-order valence-electron chi connectivity index (χ1n) is 3.02. The van der Waals surface area contributed by atoms with Crippen molar-refractivity contribution >= 4 is 15.9 Å². The zero-order valence-electron chi connectivity index (χ0n) is 5.80. The molecule has 1 aromatic rings. The van der Waals surface area contributed by atoms with E-state index in [0.29, 0.717) is 4.47 Å². The zero-order chi connectivity index (χ0) is 9.19. The topological polar surface area (TPSA) is 29.5 Å². The maximum absolute atomic E-state index is 11.9. The summed E-state index contributed by atoms with van der Waals surface area (Å²) in [6, 6.07) is 5.81. The SMILES string of the molecule is OC(F)(F)Oc1cccc(Br)c1. The summed E-state index contributed by atoms with van der Waals surface area (Å²) < 4.78 is 28.2. The minimum Gasteiger partial charge on any atom is -0.410 e. The summed E-state index contributed by atoms with van der Waals surface area (Å²) >= 11 is 3.06. The lowest BCUT2D eigenvalue weighted by Gasteiger charge is -2.10. The van der Waals surface area contributed by atoms with E-state index >= 15 is 0 Å². The molecule has 1 N–H and O–H groups in total. The molecule has 0 saturated carbocycles. The van der Waals surface area contributed by atoms with Crippen molar-refractivity contribution in [1.82, 2.24) is 0 Å². The largest absolute Gasteiger partial charge is 0.532 e. The van der Waals surface area contributed by atoms with E-state index in [-0.39, 0.29) is 5.75 Å². The third kappa shape index (κ3) is 3.15. The van der Waals surface area contributed by atoms with Crippen molar-refractivity contribution in [3.8, 4) is 5.75 Å². The van der Waals surface area contributed by atoms with Crippen LogP contribution >= 0.6 is 15.9 Å². The second-order valence-corrected chi connectivity index (χ2v) is 2.96. The van der Waals surface area contributed by atoms with Crippen LogP contribution in [0.2, 0.25) is 0 Å². The molecule has 1 rings (SSSR count). The second-order valence-electron chi connectivity index (χ2n) is 2.05. The molecular weight excluding hydrogens is 234 g/mol. The molecule has 0 saturated heterocycles. The van der Waals surface area contributed by atoms with Crippen LogP contribution < -0.4 is 4.74 Å². The molecule has 0 spiro atoms. The Morgan fingerprint density at radius 3 is 2.58 bits per heavy atom. The Morgan fingerprint density at radius 2 is 2.08 bits per heavy atom. The van der Waals surface area contributed by atoms with E-state index in [1.807, 2.05) is 0 Å². The standard InChI is InChI=1S/C7H5BrF2O2/c8-5-2-1-3-6(4-5)12-7(9,10)11/h1-4,11H. The van der Waals surface area contributed by atoms with E-state index in [1.165, 1.54) is 18.2 Å².